The molecule has 1 heterocycles. The maximum Gasteiger partial charge on any atom is 0.234 e. The Morgan fingerprint density at radius 3 is 2.75 bits per heavy atom. The summed E-state index contributed by atoms with van der Waals surface area (Å²) in [5.41, 5.74) is 2.97. The van der Waals surface area contributed by atoms with Gasteiger partial charge < -0.3 is 5.32 Å². The molecular formula is C21H21BrN4OS. The molecule has 0 unspecified atom stereocenters. The molecule has 0 aliphatic rings. The summed E-state index contributed by atoms with van der Waals surface area (Å²) in [6.07, 6.45) is 2.73. The Hall–Kier alpha value is -2.38. The largest absolute Gasteiger partial charge is 0.325 e. The summed E-state index contributed by atoms with van der Waals surface area (Å²) in [7, 11) is 0. The van der Waals surface area contributed by atoms with E-state index in [4.69, 9.17) is 0 Å². The highest BCUT2D eigenvalue weighted by molar-refractivity contribution is 9.10. The van der Waals surface area contributed by atoms with E-state index in [-0.39, 0.29) is 11.7 Å². The van der Waals surface area contributed by atoms with Crippen molar-refractivity contribution >= 4 is 39.3 Å². The van der Waals surface area contributed by atoms with Gasteiger partial charge in [-0.15, -0.1) is 16.8 Å². The van der Waals surface area contributed by atoms with Crippen molar-refractivity contribution in [3.05, 3.63) is 71.2 Å². The molecule has 144 valence electrons. The van der Waals surface area contributed by atoms with Crippen LogP contribution in [0.15, 0.2) is 70.8 Å². The van der Waals surface area contributed by atoms with Crippen LogP contribution in [0.25, 0.3) is 11.4 Å². The number of carbonyl (C=O) groups excluding carboxylic acids is 1. The average molecular weight is 457 g/mol. The van der Waals surface area contributed by atoms with E-state index >= 15 is 0 Å². The number of thioether (sulfide) groups is 1. The third kappa shape index (κ3) is 5.11. The highest BCUT2D eigenvalue weighted by Gasteiger charge is 2.15. The number of aryl methyl sites for hydroxylation is 1. The fourth-order valence-electron chi connectivity index (χ4n) is 2.70. The first-order chi connectivity index (χ1) is 13.6. The predicted octanol–water partition coefficient (Wildman–Crippen LogP) is 5.19. The van der Waals surface area contributed by atoms with E-state index in [1.807, 2.05) is 53.1 Å². The van der Waals surface area contributed by atoms with Crippen LogP contribution in [-0.4, -0.2) is 26.4 Å². The van der Waals surface area contributed by atoms with E-state index in [2.05, 4.69) is 44.9 Å². The molecule has 0 spiro atoms. The molecule has 1 N–H and O–H groups in total. The van der Waals surface area contributed by atoms with Gasteiger partial charge in [0.1, 0.15) is 0 Å². The van der Waals surface area contributed by atoms with Crippen LogP contribution in [0.2, 0.25) is 0 Å². The monoisotopic (exact) mass is 456 g/mol. The number of aromatic nitrogens is 3. The van der Waals surface area contributed by atoms with Gasteiger partial charge in [0.15, 0.2) is 11.0 Å². The van der Waals surface area contributed by atoms with E-state index in [1.54, 1.807) is 6.08 Å². The fourth-order valence-corrected chi connectivity index (χ4v) is 3.71. The van der Waals surface area contributed by atoms with Crippen LogP contribution in [0.1, 0.15) is 12.5 Å². The van der Waals surface area contributed by atoms with Gasteiger partial charge >= 0.3 is 0 Å². The first-order valence-electron chi connectivity index (χ1n) is 8.92. The van der Waals surface area contributed by atoms with Crippen LogP contribution in [0.5, 0.6) is 0 Å². The van der Waals surface area contributed by atoms with Gasteiger partial charge in [0, 0.05) is 22.3 Å². The number of hydrogen-bond donors (Lipinski definition) is 1. The number of nitrogens with one attached hydrogen (secondary N) is 1. The fraction of sp³-hybridized carbons (Fsp3) is 0.190. The molecular weight excluding hydrogens is 436 g/mol. The predicted molar refractivity (Wildman–Crippen MR) is 119 cm³/mol. The molecule has 5 nitrogen and oxygen atoms in total. The molecule has 7 heteroatoms. The number of carbonyl (C=O) groups is 1. The van der Waals surface area contributed by atoms with E-state index in [0.29, 0.717) is 11.7 Å². The third-order valence-electron chi connectivity index (χ3n) is 4.08. The number of hydrogen-bond acceptors (Lipinski definition) is 4. The van der Waals surface area contributed by atoms with Crippen LogP contribution >= 0.6 is 27.7 Å². The second-order valence-corrected chi connectivity index (χ2v) is 7.96. The highest BCUT2D eigenvalue weighted by Crippen LogP contribution is 2.25. The van der Waals surface area contributed by atoms with Crippen molar-refractivity contribution < 1.29 is 4.79 Å². The Balaban J connectivity index is 1.70. The minimum absolute atomic E-state index is 0.0726. The van der Waals surface area contributed by atoms with Gasteiger partial charge in [0.05, 0.1) is 5.75 Å². The lowest BCUT2D eigenvalue weighted by molar-refractivity contribution is -0.113. The second-order valence-electron chi connectivity index (χ2n) is 6.10. The number of nitrogens with zero attached hydrogens (tertiary/aromatic N) is 3. The lowest BCUT2D eigenvalue weighted by Gasteiger charge is -2.09. The Morgan fingerprint density at radius 1 is 1.25 bits per heavy atom. The van der Waals surface area contributed by atoms with Gasteiger partial charge in [-0.25, -0.2) is 0 Å². The van der Waals surface area contributed by atoms with Crippen molar-refractivity contribution in [2.24, 2.45) is 0 Å². The molecule has 0 fully saturated rings. The zero-order valence-electron chi connectivity index (χ0n) is 15.6. The van der Waals surface area contributed by atoms with E-state index in [0.717, 1.165) is 28.0 Å². The molecule has 0 saturated carbocycles. The number of rotatable bonds is 8. The maximum atomic E-state index is 12.4. The van der Waals surface area contributed by atoms with E-state index < -0.39 is 0 Å². The van der Waals surface area contributed by atoms with Crippen LogP contribution in [0, 0.1) is 0 Å². The highest BCUT2D eigenvalue weighted by atomic mass is 79.9. The first kappa shape index (κ1) is 20.4. The number of amides is 1. The SMILES string of the molecule is C=CCn1c(SCC(=O)Nc2cccc(CC)c2)nnc1-c1ccc(Br)cc1. The summed E-state index contributed by atoms with van der Waals surface area (Å²) < 4.78 is 2.97. The standard InChI is InChI=1S/C21H21BrN4OS/c1-3-12-26-20(16-8-10-17(22)11-9-16)24-25-21(26)28-14-19(27)23-18-7-5-6-15(4-2)13-18/h3,5-11,13H,1,4,12,14H2,2H3,(H,23,27). The molecule has 0 radical (unpaired) electrons. The number of allylic oxidation sites excluding steroid dienone is 1. The molecule has 0 aliphatic heterocycles. The van der Waals surface area contributed by atoms with Crippen molar-refractivity contribution in [3.8, 4) is 11.4 Å². The quantitative estimate of drug-likeness (QED) is 0.374. The molecule has 28 heavy (non-hydrogen) atoms. The van der Waals surface area contributed by atoms with Crippen molar-refractivity contribution in [2.75, 3.05) is 11.1 Å². The number of benzene rings is 2. The van der Waals surface area contributed by atoms with Crippen molar-refractivity contribution in [2.45, 2.75) is 25.0 Å². The van der Waals surface area contributed by atoms with Gasteiger partial charge in [0.2, 0.25) is 5.91 Å². The van der Waals surface area contributed by atoms with Crippen molar-refractivity contribution in [3.63, 3.8) is 0 Å². The zero-order chi connectivity index (χ0) is 19.9. The van der Waals surface area contributed by atoms with Crippen LogP contribution in [-0.2, 0) is 17.8 Å². The van der Waals surface area contributed by atoms with E-state index in [1.165, 1.54) is 17.3 Å². The molecule has 1 aromatic heterocycles. The Morgan fingerprint density at radius 2 is 2.04 bits per heavy atom. The van der Waals surface area contributed by atoms with Crippen molar-refractivity contribution in [1.82, 2.24) is 14.8 Å². The molecule has 0 bridgehead atoms. The summed E-state index contributed by atoms with van der Waals surface area (Å²) in [5.74, 6) is 0.939. The summed E-state index contributed by atoms with van der Waals surface area (Å²) in [6.45, 7) is 6.48. The molecule has 3 aromatic rings. The number of halogens is 1. The minimum Gasteiger partial charge on any atom is -0.325 e. The van der Waals surface area contributed by atoms with Crippen molar-refractivity contribution in [1.29, 1.82) is 0 Å². The summed E-state index contributed by atoms with van der Waals surface area (Å²) in [5, 5.41) is 12.2. The summed E-state index contributed by atoms with van der Waals surface area (Å²) in [4.78, 5) is 12.4. The molecule has 0 atom stereocenters. The van der Waals surface area contributed by atoms with Crippen LogP contribution in [0.4, 0.5) is 5.69 Å². The maximum absolute atomic E-state index is 12.4. The second kappa shape index (κ2) is 9.71. The summed E-state index contributed by atoms with van der Waals surface area (Å²) in [6, 6.07) is 15.8. The first-order valence-corrected chi connectivity index (χ1v) is 10.7. The Kier molecular flexibility index (Phi) is 7.06. The van der Waals surface area contributed by atoms with Gasteiger partial charge in [-0.3, -0.25) is 9.36 Å². The van der Waals surface area contributed by atoms with Gasteiger partial charge in [-0.1, -0.05) is 65.0 Å². The third-order valence-corrected chi connectivity index (χ3v) is 5.58. The Bertz CT molecular complexity index is 969. The smallest absolute Gasteiger partial charge is 0.234 e. The minimum atomic E-state index is -0.0726. The zero-order valence-corrected chi connectivity index (χ0v) is 18.0. The Labute approximate surface area is 177 Å². The number of anilines is 1. The molecule has 2 aromatic carbocycles. The molecule has 1 amide bonds. The van der Waals surface area contributed by atoms with Gasteiger partial charge in [-0.05, 0) is 36.2 Å². The molecule has 0 saturated heterocycles. The average Bonchev–Trinajstić information content (AvgIpc) is 3.10. The summed E-state index contributed by atoms with van der Waals surface area (Å²) >= 11 is 4.81. The van der Waals surface area contributed by atoms with Crippen LogP contribution in [0.3, 0.4) is 0 Å². The topological polar surface area (TPSA) is 59.8 Å². The molecule has 0 aliphatic carbocycles. The van der Waals surface area contributed by atoms with Gasteiger partial charge in [0.25, 0.3) is 0 Å². The lowest BCUT2D eigenvalue weighted by Crippen LogP contribution is -2.14. The van der Waals surface area contributed by atoms with Crippen LogP contribution < -0.4 is 5.32 Å². The normalized spacial score (nSPS) is 10.6. The molecule has 3 rings (SSSR count). The van der Waals surface area contributed by atoms with E-state index in [9.17, 15) is 4.79 Å². The van der Waals surface area contributed by atoms with Gasteiger partial charge in [-0.2, -0.15) is 0 Å². The lowest BCUT2D eigenvalue weighted by atomic mass is 10.1.